The molecule has 2 N–H and O–H groups in total. The molecule has 6 heteroatoms. The van der Waals surface area contributed by atoms with Crippen molar-refractivity contribution in [1.29, 1.82) is 0 Å². The van der Waals surface area contributed by atoms with Crippen LogP contribution in [0.4, 0.5) is 0 Å². The Morgan fingerprint density at radius 2 is 2.31 bits per heavy atom. The van der Waals surface area contributed by atoms with Crippen molar-refractivity contribution in [3.05, 3.63) is 34.2 Å². The van der Waals surface area contributed by atoms with Crippen LogP contribution in [0.15, 0.2) is 17.3 Å². The Kier molecular flexibility index (Phi) is 2.47. The van der Waals surface area contributed by atoms with Crippen LogP contribution in [0.2, 0.25) is 0 Å². The number of carboxylic acid groups (broad SMARTS) is 1. The van der Waals surface area contributed by atoms with E-state index < -0.39 is 11.5 Å². The number of allylic oxidation sites excluding steroid dienone is 1. The van der Waals surface area contributed by atoms with E-state index in [2.05, 4.69) is 4.98 Å². The van der Waals surface area contributed by atoms with Crippen LogP contribution in [-0.4, -0.2) is 25.7 Å². The maximum absolute atomic E-state index is 11.7. The number of fused-ring (bicyclic) bond motifs is 1. The summed E-state index contributed by atoms with van der Waals surface area (Å²) in [5.41, 5.74) is -0.361. The smallest absolute Gasteiger partial charge is 0.342 e. The Labute approximate surface area is 90.5 Å². The number of carbonyl (C=O) groups is 1. The number of carboxylic acids is 1. The maximum atomic E-state index is 11.7. The van der Waals surface area contributed by atoms with Crippen molar-refractivity contribution < 1.29 is 15.0 Å². The molecule has 1 aliphatic rings. The van der Waals surface area contributed by atoms with Gasteiger partial charge < -0.3 is 10.2 Å². The predicted molar refractivity (Wildman–Crippen MR) is 55.3 cm³/mol. The normalized spacial score (nSPS) is 17.1. The van der Waals surface area contributed by atoms with E-state index in [4.69, 9.17) is 10.2 Å². The van der Waals surface area contributed by atoms with Crippen LogP contribution in [-0.2, 0) is 6.54 Å². The summed E-state index contributed by atoms with van der Waals surface area (Å²) in [6, 6.07) is 0. The number of aromatic nitrogens is 2. The van der Waals surface area contributed by atoms with Gasteiger partial charge in [-0.25, -0.2) is 9.78 Å². The van der Waals surface area contributed by atoms with E-state index in [9.17, 15) is 9.59 Å². The van der Waals surface area contributed by atoms with Crippen LogP contribution in [0.1, 0.15) is 29.0 Å². The zero-order chi connectivity index (χ0) is 11.7. The molecule has 2 heterocycles. The topological polar surface area (TPSA) is 92.4 Å². The molecule has 0 bridgehead atoms. The zero-order valence-corrected chi connectivity index (χ0v) is 8.38. The summed E-state index contributed by atoms with van der Waals surface area (Å²) in [6.45, 7) is 0.430. The second kappa shape index (κ2) is 3.80. The van der Waals surface area contributed by atoms with Crippen LogP contribution in [0.5, 0.6) is 0 Å². The van der Waals surface area contributed by atoms with E-state index in [0.29, 0.717) is 30.8 Å². The van der Waals surface area contributed by atoms with E-state index in [1.807, 2.05) is 0 Å². The summed E-state index contributed by atoms with van der Waals surface area (Å²) in [7, 11) is 0. The third-order valence-corrected chi connectivity index (χ3v) is 2.55. The second-order valence-corrected chi connectivity index (χ2v) is 3.52. The van der Waals surface area contributed by atoms with E-state index in [1.165, 1.54) is 4.57 Å². The summed E-state index contributed by atoms with van der Waals surface area (Å²) in [4.78, 5) is 26.4. The minimum atomic E-state index is -1.28. The van der Waals surface area contributed by atoms with Gasteiger partial charge >= 0.3 is 5.97 Å². The summed E-state index contributed by atoms with van der Waals surface area (Å²) in [5, 5.41) is 17.7. The first-order valence-electron chi connectivity index (χ1n) is 4.82. The summed E-state index contributed by atoms with van der Waals surface area (Å²) >= 11 is 0. The van der Waals surface area contributed by atoms with Crippen molar-refractivity contribution in [2.24, 2.45) is 0 Å². The Morgan fingerprint density at radius 3 is 2.94 bits per heavy atom. The summed E-state index contributed by atoms with van der Waals surface area (Å²) in [6.07, 6.45) is 3.27. The molecule has 0 atom stereocenters. The van der Waals surface area contributed by atoms with Gasteiger partial charge in [-0.2, -0.15) is 0 Å². The molecule has 0 aromatic carbocycles. The van der Waals surface area contributed by atoms with Crippen molar-refractivity contribution in [3.63, 3.8) is 0 Å². The molecule has 6 nitrogen and oxygen atoms in total. The molecule has 1 aromatic heterocycles. The van der Waals surface area contributed by atoms with E-state index >= 15 is 0 Å². The molecule has 1 aromatic rings. The van der Waals surface area contributed by atoms with Gasteiger partial charge in [0.25, 0.3) is 5.56 Å². The monoisotopic (exact) mass is 222 g/mol. The Hall–Kier alpha value is -2.11. The van der Waals surface area contributed by atoms with Gasteiger partial charge in [0, 0.05) is 18.3 Å². The largest absolute Gasteiger partial charge is 0.515 e. The van der Waals surface area contributed by atoms with Crippen molar-refractivity contribution in [2.45, 2.75) is 19.4 Å². The molecule has 0 fully saturated rings. The number of aliphatic hydroxyl groups is 1. The van der Waals surface area contributed by atoms with E-state index in [0.717, 1.165) is 12.5 Å². The van der Waals surface area contributed by atoms with Gasteiger partial charge in [0.05, 0.1) is 6.26 Å². The van der Waals surface area contributed by atoms with Crippen LogP contribution in [0.3, 0.4) is 0 Å². The lowest BCUT2D eigenvalue weighted by atomic mass is 10.1. The highest BCUT2D eigenvalue weighted by molar-refractivity contribution is 5.86. The van der Waals surface area contributed by atoms with Gasteiger partial charge in [0.2, 0.25) is 0 Å². The number of aromatic carboxylic acids is 1. The second-order valence-electron chi connectivity index (χ2n) is 3.52. The fourth-order valence-electron chi connectivity index (χ4n) is 1.76. The van der Waals surface area contributed by atoms with Crippen molar-refractivity contribution >= 4 is 11.5 Å². The van der Waals surface area contributed by atoms with Gasteiger partial charge in [-0.15, -0.1) is 0 Å². The molecular formula is C10H10N2O4. The lowest BCUT2D eigenvalue weighted by Gasteiger charge is -2.19. The average molecular weight is 222 g/mol. The van der Waals surface area contributed by atoms with Gasteiger partial charge in [-0.05, 0) is 12.8 Å². The zero-order valence-electron chi connectivity index (χ0n) is 8.38. The number of nitrogens with zero attached hydrogens (tertiary/aromatic N) is 2. The van der Waals surface area contributed by atoms with Crippen molar-refractivity contribution in [1.82, 2.24) is 9.55 Å². The van der Waals surface area contributed by atoms with Gasteiger partial charge in [-0.1, -0.05) is 0 Å². The fourth-order valence-corrected chi connectivity index (χ4v) is 1.76. The molecule has 1 aliphatic heterocycles. The SMILES string of the molecule is O=C(O)c1cnc2n(c1=O)CCC/C2=C\O. The highest BCUT2D eigenvalue weighted by Crippen LogP contribution is 2.21. The Balaban J connectivity index is 2.67. The lowest BCUT2D eigenvalue weighted by Crippen LogP contribution is -2.31. The fraction of sp³-hybridized carbons (Fsp3) is 0.300. The minimum Gasteiger partial charge on any atom is -0.515 e. The third kappa shape index (κ3) is 1.48. The quantitative estimate of drug-likeness (QED) is 0.680. The molecule has 0 unspecified atom stereocenters. The number of aliphatic hydroxyl groups excluding tert-OH is 1. The summed E-state index contributed by atoms with van der Waals surface area (Å²) in [5.74, 6) is -0.934. The lowest BCUT2D eigenvalue weighted by molar-refractivity contribution is 0.0693. The molecule has 2 rings (SSSR count). The van der Waals surface area contributed by atoms with Gasteiger partial charge in [0.15, 0.2) is 0 Å². The molecule has 84 valence electrons. The van der Waals surface area contributed by atoms with Gasteiger partial charge in [-0.3, -0.25) is 9.36 Å². The number of hydrogen-bond acceptors (Lipinski definition) is 4. The van der Waals surface area contributed by atoms with Crippen LogP contribution < -0.4 is 5.56 Å². The van der Waals surface area contributed by atoms with Crippen LogP contribution in [0, 0.1) is 0 Å². The predicted octanol–water partition coefficient (Wildman–Crippen LogP) is 0.634. The molecule has 16 heavy (non-hydrogen) atoms. The molecule has 0 amide bonds. The Morgan fingerprint density at radius 1 is 1.56 bits per heavy atom. The molecule has 0 aliphatic carbocycles. The van der Waals surface area contributed by atoms with Crippen molar-refractivity contribution in [3.8, 4) is 0 Å². The van der Waals surface area contributed by atoms with Gasteiger partial charge in [0.1, 0.15) is 11.4 Å². The third-order valence-electron chi connectivity index (χ3n) is 2.55. The first-order chi connectivity index (χ1) is 7.65. The van der Waals surface area contributed by atoms with E-state index in [-0.39, 0.29) is 5.56 Å². The minimum absolute atomic E-state index is 0.345. The molecule has 0 radical (unpaired) electrons. The highest BCUT2D eigenvalue weighted by Gasteiger charge is 2.20. The van der Waals surface area contributed by atoms with Crippen LogP contribution >= 0.6 is 0 Å². The first kappa shape index (κ1) is 10.4. The number of rotatable bonds is 1. The molecular weight excluding hydrogens is 212 g/mol. The highest BCUT2D eigenvalue weighted by atomic mass is 16.4. The maximum Gasteiger partial charge on any atom is 0.342 e. The molecule has 0 saturated carbocycles. The molecule has 0 spiro atoms. The van der Waals surface area contributed by atoms with Crippen LogP contribution in [0.25, 0.3) is 5.57 Å². The Bertz CT molecular complexity index is 530. The number of hydrogen-bond donors (Lipinski definition) is 2. The van der Waals surface area contributed by atoms with E-state index in [1.54, 1.807) is 0 Å². The standard InChI is InChI=1S/C10H10N2O4/c13-5-6-2-1-3-12-8(6)11-4-7(9(12)14)10(15)16/h4-5,13H,1-3H2,(H,15,16)/b6-5+. The van der Waals surface area contributed by atoms with Crippen molar-refractivity contribution in [2.75, 3.05) is 0 Å². The summed E-state index contributed by atoms with van der Waals surface area (Å²) < 4.78 is 1.29. The first-order valence-corrected chi connectivity index (χ1v) is 4.82. The average Bonchev–Trinajstić information content (AvgIpc) is 2.28. The molecule has 0 saturated heterocycles.